The molecule has 3 heterocycles. The summed E-state index contributed by atoms with van der Waals surface area (Å²) < 4.78 is 23.4. The van der Waals surface area contributed by atoms with Crippen LogP contribution in [0.3, 0.4) is 0 Å². The van der Waals surface area contributed by atoms with Gasteiger partial charge in [-0.15, -0.1) is 24.0 Å². The maximum atomic E-state index is 11.7. The summed E-state index contributed by atoms with van der Waals surface area (Å²) in [7, 11) is -2.81. The first kappa shape index (κ1) is 21.6. The Morgan fingerprint density at radius 1 is 1.15 bits per heavy atom. The minimum Gasteiger partial charge on any atom is -0.357 e. The number of piperidine rings is 2. The minimum atomic E-state index is -2.81. The number of halogens is 1. The van der Waals surface area contributed by atoms with E-state index in [9.17, 15) is 8.42 Å². The van der Waals surface area contributed by atoms with Crippen molar-refractivity contribution in [1.29, 1.82) is 0 Å². The van der Waals surface area contributed by atoms with E-state index in [1.807, 2.05) is 0 Å². The van der Waals surface area contributed by atoms with Crippen LogP contribution >= 0.6 is 24.0 Å². The maximum absolute atomic E-state index is 11.7. The van der Waals surface area contributed by atoms with Crippen molar-refractivity contribution in [3.8, 4) is 0 Å². The second kappa shape index (κ2) is 9.15. The fraction of sp³-hybridized carbons (Fsp3) is 0.947. The lowest BCUT2D eigenvalue weighted by atomic mass is 9.83. The summed E-state index contributed by atoms with van der Waals surface area (Å²) in [5.74, 6) is 2.62. The number of nitrogens with one attached hydrogen (secondary N) is 1. The summed E-state index contributed by atoms with van der Waals surface area (Å²) in [4.78, 5) is 10.1. The SMILES string of the molecule is CCNC(=NCC1CCS(=O)(=O)C1)N1CCC2C(CCCN2C2CC2)C1.I. The molecule has 3 unspecified atom stereocenters. The summed E-state index contributed by atoms with van der Waals surface area (Å²) in [6.45, 7) is 7.08. The molecule has 3 atom stereocenters. The summed E-state index contributed by atoms with van der Waals surface area (Å²) in [6, 6.07) is 1.65. The van der Waals surface area contributed by atoms with Crippen molar-refractivity contribution >= 4 is 39.8 Å². The van der Waals surface area contributed by atoms with Gasteiger partial charge in [-0.3, -0.25) is 9.89 Å². The van der Waals surface area contributed by atoms with E-state index < -0.39 is 9.84 Å². The fourth-order valence-electron chi connectivity index (χ4n) is 5.15. The molecule has 156 valence electrons. The summed E-state index contributed by atoms with van der Waals surface area (Å²) in [5, 5.41) is 3.45. The van der Waals surface area contributed by atoms with E-state index in [0.717, 1.165) is 50.0 Å². The van der Waals surface area contributed by atoms with Gasteiger partial charge in [-0.1, -0.05) is 0 Å². The lowest BCUT2D eigenvalue weighted by molar-refractivity contribution is 0.0370. The van der Waals surface area contributed by atoms with Gasteiger partial charge in [0, 0.05) is 38.3 Å². The monoisotopic (exact) mass is 510 g/mol. The van der Waals surface area contributed by atoms with Gasteiger partial charge in [0.05, 0.1) is 11.5 Å². The lowest BCUT2D eigenvalue weighted by Crippen LogP contribution is -2.57. The first-order valence-electron chi connectivity index (χ1n) is 10.5. The first-order chi connectivity index (χ1) is 12.6. The van der Waals surface area contributed by atoms with Crippen LogP contribution in [0.1, 0.15) is 45.4 Å². The Kier molecular flexibility index (Phi) is 7.33. The van der Waals surface area contributed by atoms with E-state index >= 15 is 0 Å². The van der Waals surface area contributed by atoms with Crippen molar-refractivity contribution in [1.82, 2.24) is 15.1 Å². The van der Waals surface area contributed by atoms with Crippen molar-refractivity contribution in [2.75, 3.05) is 44.2 Å². The molecule has 1 saturated carbocycles. The zero-order valence-corrected chi connectivity index (χ0v) is 19.6. The Morgan fingerprint density at radius 2 is 1.96 bits per heavy atom. The Labute approximate surface area is 181 Å². The molecule has 0 aromatic carbocycles. The zero-order valence-electron chi connectivity index (χ0n) is 16.5. The predicted molar refractivity (Wildman–Crippen MR) is 121 cm³/mol. The molecule has 4 rings (SSSR count). The minimum absolute atomic E-state index is 0. The summed E-state index contributed by atoms with van der Waals surface area (Å²) in [5.41, 5.74) is 0. The molecule has 0 aromatic heterocycles. The summed E-state index contributed by atoms with van der Waals surface area (Å²) >= 11 is 0. The Hall–Kier alpha value is -0.0900. The maximum Gasteiger partial charge on any atom is 0.193 e. The third-order valence-electron chi connectivity index (χ3n) is 6.59. The number of guanidine groups is 1. The van der Waals surface area contributed by atoms with E-state index in [1.165, 1.54) is 38.6 Å². The third-order valence-corrected chi connectivity index (χ3v) is 8.42. The van der Waals surface area contributed by atoms with Gasteiger partial charge in [-0.25, -0.2) is 8.42 Å². The number of rotatable bonds is 4. The smallest absolute Gasteiger partial charge is 0.193 e. The van der Waals surface area contributed by atoms with Gasteiger partial charge >= 0.3 is 0 Å². The van der Waals surface area contributed by atoms with E-state index in [4.69, 9.17) is 4.99 Å². The molecule has 3 aliphatic heterocycles. The van der Waals surface area contributed by atoms with E-state index in [0.29, 0.717) is 18.1 Å². The van der Waals surface area contributed by atoms with Gasteiger partial charge in [0.2, 0.25) is 0 Å². The number of nitrogens with zero attached hydrogens (tertiary/aromatic N) is 3. The van der Waals surface area contributed by atoms with Crippen molar-refractivity contribution in [3.05, 3.63) is 0 Å². The molecule has 1 aliphatic carbocycles. The zero-order chi connectivity index (χ0) is 18.1. The molecule has 0 radical (unpaired) electrons. The average Bonchev–Trinajstić information content (AvgIpc) is 3.41. The number of aliphatic imine (C=N–C) groups is 1. The van der Waals surface area contributed by atoms with Crippen molar-refractivity contribution in [2.24, 2.45) is 16.8 Å². The molecule has 0 spiro atoms. The molecular formula is C19H35IN4O2S. The Bertz CT molecular complexity index is 638. The van der Waals surface area contributed by atoms with E-state index in [1.54, 1.807) is 0 Å². The summed E-state index contributed by atoms with van der Waals surface area (Å²) in [6.07, 6.45) is 7.49. The Morgan fingerprint density at radius 3 is 2.63 bits per heavy atom. The second-order valence-electron chi connectivity index (χ2n) is 8.64. The number of sulfone groups is 1. The van der Waals surface area contributed by atoms with Crippen molar-refractivity contribution in [3.63, 3.8) is 0 Å². The Balaban J connectivity index is 0.00000210. The molecule has 4 aliphatic rings. The van der Waals surface area contributed by atoms with Gasteiger partial charge in [-0.2, -0.15) is 0 Å². The highest BCUT2D eigenvalue weighted by Gasteiger charge is 2.42. The topological polar surface area (TPSA) is 65.0 Å². The van der Waals surface area contributed by atoms with Crippen LogP contribution in [-0.2, 0) is 9.84 Å². The molecule has 0 amide bonds. The largest absolute Gasteiger partial charge is 0.357 e. The standard InChI is InChI=1S/C19H34N4O2S.HI/c1-2-20-19(21-12-15-8-11-26(24,25)14-15)22-10-7-18-16(13-22)4-3-9-23(18)17-5-6-17;/h15-18H,2-14H2,1H3,(H,20,21);1H. The van der Waals surface area contributed by atoms with Crippen LogP contribution in [-0.4, -0.2) is 80.5 Å². The first-order valence-corrected chi connectivity index (χ1v) is 12.4. The third kappa shape index (κ3) is 5.29. The predicted octanol–water partition coefficient (Wildman–Crippen LogP) is 1.95. The van der Waals surface area contributed by atoms with Gasteiger partial charge in [0.15, 0.2) is 15.8 Å². The van der Waals surface area contributed by atoms with Gasteiger partial charge in [0.25, 0.3) is 0 Å². The lowest BCUT2D eigenvalue weighted by Gasteiger charge is -2.48. The van der Waals surface area contributed by atoms with Crippen molar-refractivity contribution < 1.29 is 8.42 Å². The number of hydrogen-bond donors (Lipinski definition) is 1. The fourth-order valence-corrected chi connectivity index (χ4v) is 7.00. The molecule has 3 saturated heterocycles. The average molecular weight is 510 g/mol. The number of hydrogen-bond acceptors (Lipinski definition) is 4. The highest BCUT2D eigenvalue weighted by Crippen LogP contribution is 2.38. The highest BCUT2D eigenvalue weighted by atomic mass is 127. The number of fused-ring (bicyclic) bond motifs is 1. The molecule has 0 bridgehead atoms. The van der Waals surface area contributed by atoms with E-state index in [-0.39, 0.29) is 29.9 Å². The quantitative estimate of drug-likeness (QED) is 0.356. The molecule has 8 heteroatoms. The van der Waals surface area contributed by atoms with Gasteiger partial charge < -0.3 is 10.2 Å². The van der Waals surface area contributed by atoms with Crippen molar-refractivity contribution in [2.45, 2.75) is 57.5 Å². The number of likely N-dealkylation sites (tertiary alicyclic amines) is 2. The second-order valence-corrected chi connectivity index (χ2v) is 10.9. The molecule has 0 aromatic rings. The molecular weight excluding hydrogens is 475 g/mol. The van der Waals surface area contributed by atoms with Gasteiger partial charge in [0.1, 0.15) is 0 Å². The van der Waals surface area contributed by atoms with Gasteiger partial charge in [-0.05, 0) is 63.8 Å². The van der Waals surface area contributed by atoms with Crippen LogP contribution in [0.4, 0.5) is 0 Å². The van der Waals surface area contributed by atoms with Crippen LogP contribution < -0.4 is 5.32 Å². The van der Waals surface area contributed by atoms with Crippen LogP contribution in [0.5, 0.6) is 0 Å². The molecule has 1 N–H and O–H groups in total. The normalized spacial score (nSPS) is 34.0. The van der Waals surface area contributed by atoms with Crippen LogP contribution in [0, 0.1) is 11.8 Å². The van der Waals surface area contributed by atoms with Crippen LogP contribution in [0.25, 0.3) is 0 Å². The van der Waals surface area contributed by atoms with Crippen LogP contribution in [0.2, 0.25) is 0 Å². The van der Waals surface area contributed by atoms with E-state index in [2.05, 4.69) is 22.0 Å². The highest BCUT2D eigenvalue weighted by molar-refractivity contribution is 14.0. The van der Waals surface area contributed by atoms with Crippen LogP contribution in [0.15, 0.2) is 4.99 Å². The molecule has 27 heavy (non-hydrogen) atoms. The molecule has 4 fully saturated rings. The molecule has 6 nitrogen and oxygen atoms in total.